The van der Waals surface area contributed by atoms with Crippen molar-refractivity contribution in [2.24, 2.45) is 0 Å². The van der Waals surface area contributed by atoms with Gasteiger partial charge in [-0.15, -0.1) is 0 Å². The highest BCUT2D eigenvalue weighted by Crippen LogP contribution is 2.32. The van der Waals surface area contributed by atoms with Crippen molar-refractivity contribution in [1.82, 2.24) is 9.55 Å². The number of hydrogen-bond acceptors (Lipinski definition) is 7. The molecule has 1 aliphatic rings. The number of para-hydroxylation sites is 1. The minimum Gasteiger partial charge on any atom is -0.385 e. The molecule has 1 amide bonds. The van der Waals surface area contributed by atoms with E-state index in [0.717, 1.165) is 5.56 Å². The number of amides is 1. The van der Waals surface area contributed by atoms with Gasteiger partial charge in [-0.25, -0.2) is 4.98 Å². The molecule has 0 fully saturated rings. The van der Waals surface area contributed by atoms with Crippen LogP contribution < -0.4 is 10.5 Å². The zero-order valence-corrected chi connectivity index (χ0v) is 18.3. The van der Waals surface area contributed by atoms with E-state index < -0.39 is 4.92 Å². The SMILES string of the molecule is COCCCn1c(SCC(=O)N2CCc3cc([N+](=O)[O-])ccc32)nc2ccccc2c1=O. The molecule has 0 saturated carbocycles. The Morgan fingerprint density at radius 3 is 2.88 bits per heavy atom. The van der Waals surface area contributed by atoms with Gasteiger partial charge in [0.25, 0.3) is 11.2 Å². The highest BCUT2D eigenvalue weighted by atomic mass is 32.2. The maximum absolute atomic E-state index is 13.0. The Bertz CT molecular complexity index is 1240. The molecule has 2 heterocycles. The number of rotatable bonds is 8. The number of nitro benzene ring substituents is 1. The summed E-state index contributed by atoms with van der Waals surface area (Å²) in [5.41, 5.74) is 1.96. The molecule has 1 aromatic heterocycles. The normalized spacial score (nSPS) is 12.8. The summed E-state index contributed by atoms with van der Waals surface area (Å²) in [4.78, 5) is 42.8. The second-order valence-electron chi connectivity index (χ2n) is 7.37. The molecule has 0 saturated heterocycles. The van der Waals surface area contributed by atoms with Crippen molar-refractivity contribution in [1.29, 1.82) is 0 Å². The van der Waals surface area contributed by atoms with Crippen molar-refractivity contribution in [2.75, 3.05) is 30.9 Å². The lowest BCUT2D eigenvalue weighted by Crippen LogP contribution is -2.31. The number of nitrogens with zero attached hydrogens (tertiary/aromatic N) is 4. The summed E-state index contributed by atoms with van der Waals surface area (Å²) >= 11 is 1.22. The quantitative estimate of drug-likeness (QED) is 0.169. The average Bonchev–Trinajstić information content (AvgIpc) is 3.22. The summed E-state index contributed by atoms with van der Waals surface area (Å²) in [5, 5.41) is 12.0. The number of nitro groups is 1. The van der Waals surface area contributed by atoms with Crippen LogP contribution in [0.25, 0.3) is 10.9 Å². The zero-order chi connectivity index (χ0) is 22.7. The Morgan fingerprint density at radius 2 is 2.09 bits per heavy atom. The second-order valence-corrected chi connectivity index (χ2v) is 8.31. The Labute approximate surface area is 188 Å². The van der Waals surface area contributed by atoms with Gasteiger partial charge in [0.1, 0.15) is 0 Å². The largest absolute Gasteiger partial charge is 0.385 e. The summed E-state index contributed by atoms with van der Waals surface area (Å²) in [5.74, 6) is -0.0284. The van der Waals surface area contributed by atoms with Crippen LogP contribution in [0.1, 0.15) is 12.0 Å². The summed E-state index contributed by atoms with van der Waals surface area (Å²) in [7, 11) is 1.61. The van der Waals surface area contributed by atoms with Crippen molar-refractivity contribution in [3.05, 3.63) is 68.5 Å². The van der Waals surface area contributed by atoms with Crippen LogP contribution in [0.4, 0.5) is 11.4 Å². The Balaban J connectivity index is 1.55. The number of fused-ring (bicyclic) bond motifs is 2. The average molecular weight is 455 g/mol. The van der Waals surface area contributed by atoms with Crippen molar-refractivity contribution in [3.63, 3.8) is 0 Å². The topological polar surface area (TPSA) is 108 Å². The monoisotopic (exact) mass is 454 g/mol. The third kappa shape index (κ3) is 4.37. The van der Waals surface area contributed by atoms with Gasteiger partial charge in [0.15, 0.2) is 5.16 Å². The molecular weight excluding hydrogens is 432 g/mol. The Morgan fingerprint density at radius 1 is 1.28 bits per heavy atom. The van der Waals surface area contributed by atoms with Crippen LogP contribution in [0.2, 0.25) is 0 Å². The van der Waals surface area contributed by atoms with E-state index in [1.165, 1.54) is 23.9 Å². The molecule has 0 unspecified atom stereocenters. The van der Waals surface area contributed by atoms with E-state index in [2.05, 4.69) is 4.98 Å². The van der Waals surface area contributed by atoms with Crippen LogP contribution in [-0.2, 0) is 22.5 Å². The first-order valence-corrected chi connectivity index (χ1v) is 11.2. The molecule has 0 bridgehead atoms. The van der Waals surface area contributed by atoms with E-state index in [4.69, 9.17) is 4.74 Å². The third-order valence-corrected chi connectivity index (χ3v) is 6.31. The first kappa shape index (κ1) is 22.0. The highest BCUT2D eigenvalue weighted by molar-refractivity contribution is 7.99. The molecule has 0 aliphatic carbocycles. The molecule has 9 nitrogen and oxygen atoms in total. The van der Waals surface area contributed by atoms with E-state index in [1.54, 1.807) is 40.8 Å². The third-order valence-electron chi connectivity index (χ3n) is 5.35. The molecule has 0 radical (unpaired) electrons. The molecule has 0 N–H and O–H groups in total. The summed E-state index contributed by atoms with van der Waals surface area (Å²) in [6.07, 6.45) is 1.22. The summed E-state index contributed by atoms with van der Waals surface area (Å²) in [6.45, 7) is 1.43. The molecule has 0 atom stereocenters. The zero-order valence-electron chi connectivity index (χ0n) is 17.5. The number of carbonyl (C=O) groups is 1. The van der Waals surface area contributed by atoms with Crippen molar-refractivity contribution in [2.45, 2.75) is 24.5 Å². The number of hydrogen-bond donors (Lipinski definition) is 0. The van der Waals surface area contributed by atoms with Gasteiger partial charge >= 0.3 is 0 Å². The first-order chi connectivity index (χ1) is 15.5. The highest BCUT2D eigenvalue weighted by Gasteiger charge is 2.26. The van der Waals surface area contributed by atoms with Gasteiger partial charge in [-0.2, -0.15) is 0 Å². The van der Waals surface area contributed by atoms with Crippen LogP contribution in [0.15, 0.2) is 52.4 Å². The maximum Gasteiger partial charge on any atom is 0.269 e. The number of methoxy groups -OCH3 is 1. The van der Waals surface area contributed by atoms with Gasteiger partial charge in [-0.05, 0) is 36.6 Å². The van der Waals surface area contributed by atoms with Crippen molar-refractivity contribution < 1.29 is 14.5 Å². The molecule has 10 heteroatoms. The summed E-state index contributed by atoms with van der Waals surface area (Å²) in [6, 6.07) is 11.7. The number of thioether (sulfide) groups is 1. The second kappa shape index (κ2) is 9.49. The number of non-ortho nitro benzene ring substituents is 1. The van der Waals surface area contributed by atoms with Crippen molar-refractivity contribution >= 4 is 39.9 Å². The van der Waals surface area contributed by atoms with Crippen LogP contribution >= 0.6 is 11.8 Å². The van der Waals surface area contributed by atoms with Gasteiger partial charge in [-0.1, -0.05) is 23.9 Å². The number of ether oxygens (including phenoxy) is 1. The maximum atomic E-state index is 13.0. The fraction of sp³-hybridized carbons (Fsp3) is 0.318. The molecule has 4 rings (SSSR count). The predicted octanol–water partition coefficient (Wildman–Crippen LogP) is 3.02. The molecule has 32 heavy (non-hydrogen) atoms. The van der Waals surface area contributed by atoms with Crippen LogP contribution in [0.5, 0.6) is 0 Å². The van der Waals surface area contributed by atoms with Gasteiger partial charge in [-0.3, -0.25) is 24.3 Å². The van der Waals surface area contributed by atoms with E-state index in [1.807, 2.05) is 6.07 Å². The summed E-state index contributed by atoms with van der Waals surface area (Å²) < 4.78 is 6.71. The minimum atomic E-state index is -0.436. The number of benzene rings is 2. The Kier molecular flexibility index (Phi) is 6.52. The lowest BCUT2D eigenvalue weighted by Gasteiger charge is -2.18. The van der Waals surface area contributed by atoms with E-state index in [9.17, 15) is 19.7 Å². The standard InChI is InChI=1S/C22H22N4O5S/c1-31-12-4-10-25-21(28)17-5-2-3-6-18(17)23-22(25)32-14-20(27)24-11-9-15-13-16(26(29)30)7-8-19(15)24/h2-3,5-8,13H,4,9-12,14H2,1H3. The van der Waals surface area contributed by atoms with Crippen LogP contribution in [0.3, 0.4) is 0 Å². The van der Waals surface area contributed by atoms with E-state index in [-0.39, 0.29) is 22.9 Å². The first-order valence-electron chi connectivity index (χ1n) is 10.2. The minimum absolute atomic E-state index is 0.0212. The fourth-order valence-corrected chi connectivity index (χ4v) is 4.69. The molecule has 2 aromatic carbocycles. The lowest BCUT2D eigenvalue weighted by atomic mass is 10.1. The van der Waals surface area contributed by atoms with E-state index in [0.29, 0.717) is 54.3 Å². The molecule has 166 valence electrons. The molecule has 1 aliphatic heterocycles. The number of anilines is 1. The van der Waals surface area contributed by atoms with Gasteiger partial charge in [0, 0.05) is 44.6 Å². The van der Waals surface area contributed by atoms with Gasteiger partial charge in [0.2, 0.25) is 5.91 Å². The van der Waals surface area contributed by atoms with Gasteiger partial charge in [0.05, 0.1) is 21.6 Å². The van der Waals surface area contributed by atoms with Crippen LogP contribution in [0, 0.1) is 10.1 Å². The lowest BCUT2D eigenvalue weighted by molar-refractivity contribution is -0.384. The van der Waals surface area contributed by atoms with Gasteiger partial charge < -0.3 is 9.64 Å². The van der Waals surface area contributed by atoms with E-state index >= 15 is 0 Å². The number of carbonyl (C=O) groups excluding carboxylic acids is 1. The smallest absolute Gasteiger partial charge is 0.269 e. The molecule has 0 spiro atoms. The Hall–Kier alpha value is -3.24. The fourth-order valence-electron chi connectivity index (χ4n) is 3.79. The molecule has 3 aromatic rings. The number of aromatic nitrogens is 2. The van der Waals surface area contributed by atoms with Crippen molar-refractivity contribution in [3.8, 4) is 0 Å². The predicted molar refractivity (Wildman–Crippen MR) is 122 cm³/mol. The molecular formula is C22H22N4O5S. The van der Waals surface area contributed by atoms with Crippen LogP contribution in [-0.4, -0.2) is 46.4 Å².